The minimum atomic E-state index is -0.434. The van der Waals surface area contributed by atoms with Crippen LogP contribution < -0.4 is 10.6 Å². The van der Waals surface area contributed by atoms with Crippen LogP contribution in [0.5, 0.6) is 0 Å². The fourth-order valence-corrected chi connectivity index (χ4v) is 1.66. The summed E-state index contributed by atoms with van der Waals surface area (Å²) in [4.78, 5) is 27.5. The van der Waals surface area contributed by atoms with Gasteiger partial charge in [-0.1, -0.05) is 37.2 Å². The SMILES string of the molecule is CC(C)CNC(=O)c1nc(CC(=O)Nc2ccccc2)no1. The van der Waals surface area contributed by atoms with Gasteiger partial charge in [0.1, 0.15) is 0 Å². The maximum absolute atomic E-state index is 11.8. The highest BCUT2D eigenvalue weighted by atomic mass is 16.5. The van der Waals surface area contributed by atoms with E-state index in [1.54, 1.807) is 12.1 Å². The number of carbonyl (C=O) groups is 2. The fraction of sp³-hybridized carbons (Fsp3) is 0.333. The van der Waals surface area contributed by atoms with E-state index < -0.39 is 5.91 Å². The lowest BCUT2D eigenvalue weighted by atomic mass is 10.2. The van der Waals surface area contributed by atoms with E-state index in [4.69, 9.17) is 4.52 Å². The largest absolute Gasteiger partial charge is 0.348 e. The number of carbonyl (C=O) groups excluding carboxylic acids is 2. The molecule has 0 aliphatic heterocycles. The smallest absolute Gasteiger partial charge is 0.315 e. The minimum absolute atomic E-state index is 0.0597. The van der Waals surface area contributed by atoms with Gasteiger partial charge in [0, 0.05) is 12.2 Å². The van der Waals surface area contributed by atoms with Gasteiger partial charge in [0.05, 0.1) is 6.42 Å². The Morgan fingerprint density at radius 2 is 1.95 bits per heavy atom. The fourth-order valence-electron chi connectivity index (χ4n) is 1.66. The van der Waals surface area contributed by atoms with Gasteiger partial charge in [0.15, 0.2) is 5.82 Å². The normalized spacial score (nSPS) is 10.5. The molecule has 0 saturated carbocycles. The van der Waals surface area contributed by atoms with Gasteiger partial charge in [-0.3, -0.25) is 9.59 Å². The lowest BCUT2D eigenvalue weighted by Gasteiger charge is -2.03. The average molecular weight is 302 g/mol. The summed E-state index contributed by atoms with van der Waals surface area (Å²) in [6.45, 7) is 4.48. The zero-order chi connectivity index (χ0) is 15.9. The van der Waals surface area contributed by atoms with Crippen LogP contribution in [0.1, 0.15) is 30.4 Å². The lowest BCUT2D eigenvalue weighted by Crippen LogP contribution is -2.27. The number of nitrogens with zero attached hydrogens (tertiary/aromatic N) is 2. The predicted octanol–water partition coefficient (Wildman–Crippen LogP) is 1.64. The van der Waals surface area contributed by atoms with Crippen molar-refractivity contribution in [2.75, 3.05) is 11.9 Å². The second kappa shape index (κ2) is 7.35. The summed E-state index contributed by atoms with van der Waals surface area (Å²) >= 11 is 0. The molecule has 1 heterocycles. The molecule has 2 amide bonds. The van der Waals surface area contributed by atoms with Crippen LogP contribution in [0, 0.1) is 5.92 Å². The van der Waals surface area contributed by atoms with E-state index in [9.17, 15) is 9.59 Å². The molecular weight excluding hydrogens is 284 g/mol. The Morgan fingerprint density at radius 3 is 2.64 bits per heavy atom. The molecule has 1 aromatic heterocycles. The highest BCUT2D eigenvalue weighted by molar-refractivity contribution is 5.92. The molecule has 0 aliphatic rings. The van der Waals surface area contributed by atoms with Gasteiger partial charge in [0.25, 0.3) is 0 Å². The van der Waals surface area contributed by atoms with Gasteiger partial charge in [-0.25, -0.2) is 0 Å². The zero-order valence-corrected chi connectivity index (χ0v) is 12.5. The summed E-state index contributed by atoms with van der Waals surface area (Å²) in [6, 6.07) is 9.05. The van der Waals surface area contributed by atoms with Crippen molar-refractivity contribution in [1.82, 2.24) is 15.5 Å². The number of para-hydroxylation sites is 1. The van der Waals surface area contributed by atoms with Gasteiger partial charge in [-0.05, 0) is 18.1 Å². The van der Waals surface area contributed by atoms with Crippen molar-refractivity contribution < 1.29 is 14.1 Å². The maximum Gasteiger partial charge on any atom is 0.315 e. The van der Waals surface area contributed by atoms with Crippen molar-refractivity contribution in [3.63, 3.8) is 0 Å². The summed E-state index contributed by atoms with van der Waals surface area (Å²) in [7, 11) is 0. The van der Waals surface area contributed by atoms with E-state index >= 15 is 0 Å². The van der Waals surface area contributed by atoms with E-state index in [-0.39, 0.29) is 24.0 Å². The molecule has 7 nitrogen and oxygen atoms in total. The molecule has 0 bridgehead atoms. The topological polar surface area (TPSA) is 97.1 Å². The molecule has 0 fully saturated rings. The van der Waals surface area contributed by atoms with Gasteiger partial charge < -0.3 is 15.2 Å². The van der Waals surface area contributed by atoms with E-state index in [2.05, 4.69) is 20.8 Å². The van der Waals surface area contributed by atoms with Crippen molar-refractivity contribution in [3.8, 4) is 0 Å². The van der Waals surface area contributed by atoms with Crippen LogP contribution in [-0.4, -0.2) is 28.5 Å². The van der Waals surface area contributed by atoms with Crippen LogP contribution >= 0.6 is 0 Å². The Balaban J connectivity index is 1.89. The summed E-state index contributed by atoms with van der Waals surface area (Å²) in [5, 5.41) is 9.02. The lowest BCUT2D eigenvalue weighted by molar-refractivity contribution is -0.115. The Kier molecular flexibility index (Phi) is 5.24. The second-order valence-corrected chi connectivity index (χ2v) is 5.21. The number of aromatic nitrogens is 2. The third-order valence-electron chi connectivity index (χ3n) is 2.71. The number of benzene rings is 1. The van der Waals surface area contributed by atoms with Gasteiger partial charge in [0.2, 0.25) is 5.91 Å². The number of hydrogen-bond acceptors (Lipinski definition) is 5. The molecule has 0 radical (unpaired) electrons. The quantitative estimate of drug-likeness (QED) is 0.845. The molecule has 2 N–H and O–H groups in total. The second-order valence-electron chi connectivity index (χ2n) is 5.21. The molecule has 22 heavy (non-hydrogen) atoms. The molecule has 1 aromatic carbocycles. The van der Waals surface area contributed by atoms with Crippen LogP contribution in [0.25, 0.3) is 0 Å². The van der Waals surface area contributed by atoms with E-state index in [1.165, 1.54) is 0 Å². The Hall–Kier alpha value is -2.70. The van der Waals surface area contributed by atoms with Crippen LogP contribution in [0.4, 0.5) is 5.69 Å². The molecule has 0 atom stereocenters. The first-order valence-electron chi connectivity index (χ1n) is 7.00. The molecule has 0 unspecified atom stereocenters. The molecule has 2 rings (SSSR count). The van der Waals surface area contributed by atoms with E-state index in [1.807, 2.05) is 32.0 Å². The predicted molar refractivity (Wildman–Crippen MR) is 80.2 cm³/mol. The van der Waals surface area contributed by atoms with Crippen molar-refractivity contribution in [1.29, 1.82) is 0 Å². The first-order chi connectivity index (χ1) is 10.5. The Bertz CT molecular complexity index is 637. The maximum atomic E-state index is 11.8. The van der Waals surface area contributed by atoms with Crippen molar-refractivity contribution >= 4 is 17.5 Å². The summed E-state index contributed by atoms with van der Waals surface area (Å²) in [5.74, 6) is -0.355. The summed E-state index contributed by atoms with van der Waals surface area (Å²) < 4.78 is 4.86. The number of rotatable bonds is 6. The molecule has 0 saturated heterocycles. The van der Waals surface area contributed by atoms with Crippen molar-refractivity contribution in [3.05, 3.63) is 42.0 Å². The minimum Gasteiger partial charge on any atom is -0.348 e. The third kappa shape index (κ3) is 4.69. The molecule has 0 aliphatic carbocycles. The monoisotopic (exact) mass is 302 g/mol. The van der Waals surface area contributed by atoms with E-state index in [0.29, 0.717) is 18.2 Å². The van der Waals surface area contributed by atoms with Crippen LogP contribution in [0.15, 0.2) is 34.9 Å². The molecule has 2 aromatic rings. The molecule has 7 heteroatoms. The number of hydrogen-bond donors (Lipinski definition) is 2. The van der Waals surface area contributed by atoms with Crippen molar-refractivity contribution in [2.24, 2.45) is 5.92 Å². The van der Waals surface area contributed by atoms with Crippen LogP contribution in [0.3, 0.4) is 0 Å². The van der Waals surface area contributed by atoms with Crippen LogP contribution in [-0.2, 0) is 11.2 Å². The van der Waals surface area contributed by atoms with Gasteiger partial charge in [-0.2, -0.15) is 4.98 Å². The first kappa shape index (κ1) is 15.7. The zero-order valence-electron chi connectivity index (χ0n) is 12.5. The van der Waals surface area contributed by atoms with Gasteiger partial charge in [-0.15, -0.1) is 0 Å². The van der Waals surface area contributed by atoms with Crippen molar-refractivity contribution in [2.45, 2.75) is 20.3 Å². The number of nitrogens with one attached hydrogen (secondary N) is 2. The Labute approximate surface area is 128 Å². The van der Waals surface area contributed by atoms with Crippen LogP contribution in [0.2, 0.25) is 0 Å². The highest BCUT2D eigenvalue weighted by Gasteiger charge is 2.17. The first-order valence-corrected chi connectivity index (χ1v) is 7.00. The standard InChI is InChI=1S/C15H18N4O3/c1-10(2)9-16-14(21)15-18-12(19-22-15)8-13(20)17-11-6-4-3-5-7-11/h3-7,10H,8-9H2,1-2H3,(H,16,21)(H,17,20). The van der Waals surface area contributed by atoms with Gasteiger partial charge >= 0.3 is 11.8 Å². The summed E-state index contributed by atoms with van der Waals surface area (Å²) in [6.07, 6.45) is -0.0597. The molecule has 0 spiro atoms. The number of amides is 2. The summed E-state index contributed by atoms with van der Waals surface area (Å²) in [5.41, 5.74) is 0.686. The average Bonchev–Trinajstić information content (AvgIpc) is 2.94. The third-order valence-corrected chi connectivity index (χ3v) is 2.71. The molecular formula is C15H18N4O3. The number of anilines is 1. The Morgan fingerprint density at radius 1 is 1.23 bits per heavy atom. The highest BCUT2D eigenvalue weighted by Crippen LogP contribution is 2.06. The molecule has 116 valence electrons. The van der Waals surface area contributed by atoms with E-state index in [0.717, 1.165) is 0 Å².